The normalized spacial score (nSPS) is 13.1. The van der Waals surface area contributed by atoms with Gasteiger partial charge in [-0.15, -0.1) is 0 Å². The summed E-state index contributed by atoms with van der Waals surface area (Å²) in [5, 5.41) is 8.43. The summed E-state index contributed by atoms with van der Waals surface area (Å²) in [6, 6.07) is 0. The van der Waals surface area contributed by atoms with Gasteiger partial charge in [-0.2, -0.15) is 13.2 Å². The van der Waals surface area contributed by atoms with Gasteiger partial charge in [0.25, 0.3) is 5.56 Å². The lowest BCUT2D eigenvalue weighted by Crippen LogP contribution is -2.21. The molecule has 1 aliphatic rings. The molecule has 2 heterocycles. The van der Waals surface area contributed by atoms with E-state index in [1.54, 1.807) is 6.20 Å². The fourth-order valence-corrected chi connectivity index (χ4v) is 3.56. The van der Waals surface area contributed by atoms with E-state index >= 15 is 0 Å². The number of halogens is 4. The number of aryl methyl sites for hydroxylation is 1. The topological polar surface area (TPSA) is 101 Å². The first-order valence-electron chi connectivity index (χ1n) is 7.88. The molecule has 2 aromatic heterocycles. The highest BCUT2D eigenvalue weighted by atomic mass is 35.5. The van der Waals surface area contributed by atoms with Crippen LogP contribution in [0.15, 0.2) is 16.1 Å². The summed E-state index contributed by atoms with van der Waals surface area (Å²) in [4.78, 5) is 32.5. The van der Waals surface area contributed by atoms with Gasteiger partial charge in [-0.1, -0.05) is 23.4 Å². The van der Waals surface area contributed by atoms with Gasteiger partial charge in [-0.25, -0.2) is 14.8 Å². The molecule has 0 spiro atoms. The van der Waals surface area contributed by atoms with Crippen molar-refractivity contribution in [3.63, 3.8) is 0 Å². The van der Waals surface area contributed by atoms with E-state index in [9.17, 15) is 18.0 Å². The smallest absolute Gasteiger partial charge is 0.475 e. The molecule has 27 heavy (non-hydrogen) atoms. The van der Waals surface area contributed by atoms with Crippen molar-refractivity contribution in [2.45, 2.75) is 49.8 Å². The number of carbonyl (C=O) groups is 1. The fourth-order valence-electron chi connectivity index (χ4n) is 2.46. The molecule has 1 aliphatic carbocycles. The number of H-pyrrole nitrogens is 1. The highest BCUT2D eigenvalue weighted by Crippen LogP contribution is 2.23. The number of fused-ring (bicyclic) bond motifs is 1. The van der Waals surface area contributed by atoms with Gasteiger partial charge >= 0.3 is 12.1 Å². The number of alkyl halides is 3. The molecule has 0 saturated heterocycles. The summed E-state index contributed by atoms with van der Waals surface area (Å²) < 4.78 is 33.7. The number of nitrogens with one attached hydrogen (secondary N) is 1. The molecule has 0 bridgehead atoms. The average molecular weight is 425 g/mol. The van der Waals surface area contributed by atoms with Crippen LogP contribution in [-0.4, -0.2) is 36.8 Å². The molecule has 0 amide bonds. The van der Waals surface area contributed by atoms with Crippen LogP contribution in [0.1, 0.15) is 30.4 Å². The molecule has 0 radical (unpaired) electrons. The number of thioether (sulfide) groups is 1. The van der Waals surface area contributed by atoms with Gasteiger partial charge in [0, 0.05) is 12.1 Å². The summed E-state index contributed by atoms with van der Waals surface area (Å²) in [7, 11) is 0. The lowest BCUT2D eigenvalue weighted by atomic mass is 10.3. The standard InChI is InChI=1S/C13H15ClN4OS.C2HF3O2/c1-2-18-10(14)6-15-11(18)7-20-13-16-9-5-3-4-8(9)12(19)17-13;3-2(4,5)1(6)7/h6H,2-5,7H2,1H3,(H,16,17,19);(H,6,7). The van der Waals surface area contributed by atoms with E-state index in [1.807, 2.05) is 11.5 Å². The zero-order chi connectivity index (χ0) is 20.2. The van der Waals surface area contributed by atoms with E-state index in [1.165, 1.54) is 11.8 Å². The second-order valence-corrected chi connectivity index (χ2v) is 6.83. The van der Waals surface area contributed by atoms with E-state index in [0.29, 0.717) is 16.1 Å². The third-order valence-corrected chi connectivity index (χ3v) is 4.88. The summed E-state index contributed by atoms with van der Waals surface area (Å²) in [6.45, 7) is 2.81. The maximum absolute atomic E-state index is 11.9. The number of aliphatic carboxylic acids is 1. The SMILES string of the molecule is CCn1c(Cl)cnc1CSc1nc2c(c(=O)[nH]1)CCC2.O=C(O)C(F)(F)F. The van der Waals surface area contributed by atoms with Crippen LogP contribution in [0.4, 0.5) is 13.2 Å². The zero-order valence-corrected chi connectivity index (χ0v) is 15.7. The molecule has 12 heteroatoms. The van der Waals surface area contributed by atoms with Crippen LogP contribution in [0, 0.1) is 0 Å². The first-order valence-corrected chi connectivity index (χ1v) is 9.24. The number of rotatable bonds is 4. The van der Waals surface area contributed by atoms with Gasteiger partial charge in [0.05, 0.1) is 17.6 Å². The number of hydrogen-bond acceptors (Lipinski definition) is 5. The Kier molecular flexibility index (Phi) is 6.93. The Hall–Kier alpha value is -2.01. The summed E-state index contributed by atoms with van der Waals surface area (Å²) in [6.07, 6.45) is -0.657. The molecule has 0 atom stereocenters. The van der Waals surface area contributed by atoms with Crippen LogP contribution < -0.4 is 5.56 Å². The third kappa shape index (κ3) is 5.48. The van der Waals surface area contributed by atoms with Crippen molar-refractivity contribution in [2.75, 3.05) is 0 Å². The number of aromatic amines is 1. The van der Waals surface area contributed by atoms with Crippen LogP contribution in [-0.2, 0) is 29.9 Å². The molecule has 0 saturated carbocycles. The number of nitrogens with zero attached hydrogens (tertiary/aromatic N) is 3. The van der Waals surface area contributed by atoms with Crippen molar-refractivity contribution in [2.24, 2.45) is 0 Å². The molecular formula is C15H16ClF3N4O3S. The molecule has 0 aromatic carbocycles. The van der Waals surface area contributed by atoms with E-state index in [0.717, 1.165) is 42.9 Å². The highest BCUT2D eigenvalue weighted by Gasteiger charge is 2.38. The summed E-state index contributed by atoms with van der Waals surface area (Å²) in [5.41, 5.74) is 1.81. The van der Waals surface area contributed by atoms with E-state index in [-0.39, 0.29) is 5.56 Å². The molecule has 3 rings (SSSR count). The molecule has 7 nitrogen and oxygen atoms in total. The van der Waals surface area contributed by atoms with Crippen molar-refractivity contribution < 1.29 is 23.1 Å². The number of aromatic nitrogens is 4. The Morgan fingerprint density at radius 2 is 2.11 bits per heavy atom. The van der Waals surface area contributed by atoms with Crippen molar-refractivity contribution in [3.05, 3.63) is 38.8 Å². The summed E-state index contributed by atoms with van der Waals surface area (Å²) >= 11 is 7.53. The second kappa shape index (κ2) is 8.79. The van der Waals surface area contributed by atoms with Gasteiger partial charge in [-0.05, 0) is 26.2 Å². The van der Waals surface area contributed by atoms with Crippen molar-refractivity contribution in [3.8, 4) is 0 Å². The first kappa shape index (κ1) is 21.3. The van der Waals surface area contributed by atoms with E-state index < -0.39 is 12.1 Å². The number of carboxylic acids is 1. The molecule has 0 fully saturated rings. The Morgan fingerprint density at radius 3 is 2.70 bits per heavy atom. The minimum Gasteiger partial charge on any atom is -0.475 e. The van der Waals surface area contributed by atoms with Gasteiger partial charge < -0.3 is 14.7 Å². The Bertz CT molecular complexity index is 882. The average Bonchev–Trinajstić information content (AvgIpc) is 3.19. The lowest BCUT2D eigenvalue weighted by Gasteiger charge is -2.06. The molecule has 2 N–H and O–H groups in total. The van der Waals surface area contributed by atoms with Crippen molar-refractivity contribution >= 4 is 29.3 Å². The minimum absolute atomic E-state index is 0.00636. The summed E-state index contributed by atoms with van der Waals surface area (Å²) in [5.74, 6) is -1.22. The first-order chi connectivity index (χ1) is 12.6. The predicted octanol–water partition coefficient (Wildman–Crippen LogP) is 3.05. The quantitative estimate of drug-likeness (QED) is 0.578. The van der Waals surface area contributed by atoms with Crippen LogP contribution in [0.5, 0.6) is 0 Å². The van der Waals surface area contributed by atoms with E-state index in [4.69, 9.17) is 21.5 Å². The Balaban J connectivity index is 0.000000321. The third-order valence-electron chi connectivity index (χ3n) is 3.71. The highest BCUT2D eigenvalue weighted by molar-refractivity contribution is 7.98. The fraction of sp³-hybridized carbons (Fsp3) is 0.467. The molecule has 148 valence electrons. The van der Waals surface area contributed by atoms with Crippen LogP contribution in [0.2, 0.25) is 5.15 Å². The van der Waals surface area contributed by atoms with Gasteiger partial charge in [0.2, 0.25) is 0 Å². The van der Waals surface area contributed by atoms with Gasteiger partial charge in [-0.3, -0.25) is 4.79 Å². The molecular weight excluding hydrogens is 409 g/mol. The number of imidazole rings is 1. The second-order valence-electron chi connectivity index (χ2n) is 5.48. The van der Waals surface area contributed by atoms with Gasteiger partial charge in [0.1, 0.15) is 11.0 Å². The molecule has 2 aromatic rings. The maximum Gasteiger partial charge on any atom is 0.490 e. The van der Waals surface area contributed by atoms with Crippen LogP contribution in [0.25, 0.3) is 0 Å². The van der Waals surface area contributed by atoms with Crippen molar-refractivity contribution in [1.29, 1.82) is 0 Å². The van der Waals surface area contributed by atoms with Gasteiger partial charge in [0.15, 0.2) is 5.16 Å². The molecule has 0 aliphatic heterocycles. The molecule has 0 unspecified atom stereocenters. The number of hydrogen-bond donors (Lipinski definition) is 2. The Morgan fingerprint density at radius 1 is 1.44 bits per heavy atom. The zero-order valence-electron chi connectivity index (χ0n) is 14.1. The van der Waals surface area contributed by atoms with Crippen LogP contribution >= 0.6 is 23.4 Å². The minimum atomic E-state index is -5.08. The van der Waals surface area contributed by atoms with E-state index in [2.05, 4.69) is 15.0 Å². The largest absolute Gasteiger partial charge is 0.490 e. The Labute approximate surface area is 161 Å². The van der Waals surface area contributed by atoms with Crippen LogP contribution in [0.3, 0.4) is 0 Å². The lowest BCUT2D eigenvalue weighted by molar-refractivity contribution is -0.192. The monoisotopic (exact) mass is 424 g/mol. The maximum atomic E-state index is 11.9. The number of carboxylic acid groups (broad SMARTS) is 1. The predicted molar refractivity (Wildman–Crippen MR) is 93.0 cm³/mol. The van der Waals surface area contributed by atoms with Crippen molar-refractivity contribution in [1.82, 2.24) is 19.5 Å².